The summed E-state index contributed by atoms with van der Waals surface area (Å²) in [5.41, 5.74) is 1.18. The molecule has 1 rings (SSSR count). The highest BCUT2D eigenvalue weighted by Crippen LogP contribution is 2.36. The van der Waals surface area contributed by atoms with Crippen LogP contribution in [-0.4, -0.2) is 33.9 Å². The molecule has 2 N–H and O–H groups in total. The van der Waals surface area contributed by atoms with E-state index in [9.17, 15) is 0 Å². The van der Waals surface area contributed by atoms with Crippen molar-refractivity contribution in [3.63, 3.8) is 0 Å². The van der Waals surface area contributed by atoms with Crippen LogP contribution >= 0.6 is 40.7 Å². The predicted molar refractivity (Wildman–Crippen MR) is 96.6 cm³/mol. The second-order valence-corrected chi connectivity index (χ2v) is 5.03. The van der Waals surface area contributed by atoms with Crippen LogP contribution in [0.4, 0.5) is 0 Å². The van der Waals surface area contributed by atoms with Gasteiger partial charge in [-0.05, 0) is 67.1 Å². The zero-order chi connectivity index (χ0) is 14.1. The molecule has 0 aliphatic rings. The van der Waals surface area contributed by atoms with Gasteiger partial charge in [-0.2, -0.15) is 0 Å². The number of hydrogen-bond acceptors (Lipinski definition) is 4. The Morgan fingerprint density at radius 1 is 1.19 bits per heavy atom. The van der Waals surface area contributed by atoms with Crippen LogP contribution in [0.5, 0.6) is 11.5 Å². The third kappa shape index (κ3) is 8.12. The molecule has 0 aromatic heterocycles. The van der Waals surface area contributed by atoms with Gasteiger partial charge in [0.1, 0.15) is 0 Å². The monoisotopic (exact) mass is 402 g/mol. The molecule has 0 saturated heterocycles. The van der Waals surface area contributed by atoms with Gasteiger partial charge in [0.25, 0.3) is 0 Å². The molecule has 21 heavy (non-hydrogen) atoms. The van der Waals surface area contributed by atoms with Crippen molar-refractivity contribution in [1.82, 2.24) is 10.6 Å². The third-order valence-electron chi connectivity index (χ3n) is 2.69. The molecule has 0 unspecified atom stereocenters. The number of halogens is 3. The lowest BCUT2D eigenvalue weighted by Gasteiger charge is -2.13. The molecule has 0 aliphatic heterocycles. The summed E-state index contributed by atoms with van der Waals surface area (Å²) in [6.07, 6.45) is 1.12. The second-order valence-electron chi connectivity index (χ2n) is 4.18. The van der Waals surface area contributed by atoms with E-state index in [0.717, 1.165) is 42.0 Å². The van der Waals surface area contributed by atoms with E-state index in [1.54, 1.807) is 7.11 Å². The highest BCUT2D eigenvalue weighted by atomic mass is 79.9. The average molecular weight is 404 g/mol. The molecule has 4 nitrogen and oxygen atoms in total. The summed E-state index contributed by atoms with van der Waals surface area (Å²) in [6, 6.07) is 4.08. The summed E-state index contributed by atoms with van der Waals surface area (Å²) >= 11 is 3.53. The molecule has 0 bridgehead atoms. The summed E-state index contributed by atoms with van der Waals surface area (Å²) in [6.45, 7) is 5.43. The van der Waals surface area contributed by atoms with E-state index in [2.05, 4.69) is 32.6 Å². The molecule has 124 valence electrons. The van der Waals surface area contributed by atoms with Crippen LogP contribution < -0.4 is 20.1 Å². The van der Waals surface area contributed by atoms with Crippen LogP contribution in [0, 0.1) is 0 Å². The van der Waals surface area contributed by atoms with Gasteiger partial charge in [-0.15, -0.1) is 24.8 Å². The Labute approximate surface area is 148 Å². The van der Waals surface area contributed by atoms with Gasteiger partial charge in [-0.1, -0.05) is 0 Å². The largest absolute Gasteiger partial charge is 0.493 e. The first kappa shape index (κ1) is 23.1. The fourth-order valence-electron chi connectivity index (χ4n) is 1.78. The maximum atomic E-state index is 5.57. The minimum Gasteiger partial charge on any atom is -0.493 e. The van der Waals surface area contributed by atoms with Crippen molar-refractivity contribution in [1.29, 1.82) is 0 Å². The number of methoxy groups -OCH3 is 1. The molecular formula is C14H25BrCl2N2O2. The molecule has 0 atom stereocenters. The van der Waals surface area contributed by atoms with Crippen molar-refractivity contribution >= 4 is 40.7 Å². The van der Waals surface area contributed by atoms with Gasteiger partial charge in [0.2, 0.25) is 0 Å². The Hall–Kier alpha value is -0.200. The zero-order valence-electron chi connectivity index (χ0n) is 12.7. The van der Waals surface area contributed by atoms with Crippen molar-refractivity contribution in [3.05, 3.63) is 22.2 Å². The number of rotatable bonds is 9. The summed E-state index contributed by atoms with van der Waals surface area (Å²) in [7, 11) is 3.63. The van der Waals surface area contributed by atoms with Gasteiger partial charge in [0, 0.05) is 6.54 Å². The highest BCUT2D eigenvalue weighted by Gasteiger charge is 2.10. The maximum Gasteiger partial charge on any atom is 0.175 e. The lowest BCUT2D eigenvalue weighted by Crippen LogP contribution is -2.19. The van der Waals surface area contributed by atoms with Crippen LogP contribution in [0.3, 0.4) is 0 Å². The summed E-state index contributed by atoms with van der Waals surface area (Å²) in [5, 5.41) is 6.54. The van der Waals surface area contributed by atoms with Crippen LogP contribution in [0.15, 0.2) is 16.6 Å². The first-order valence-corrected chi connectivity index (χ1v) is 7.36. The van der Waals surface area contributed by atoms with Gasteiger partial charge in [-0.3, -0.25) is 0 Å². The average Bonchev–Trinajstić information content (AvgIpc) is 2.41. The van der Waals surface area contributed by atoms with Crippen molar-refractivity contribution in [2.75, 3.05) is 33.9 Å². The number of ether oxygens (including phenoxy) is 2. The van der Waals surface area contributed by atoms with E-state index in [4.69, 9.17) is 9.47 Å². The van der Waals surface area contributed by atoms with E-state index in [-0.39, 0.29) is 24.8 Å². The quantitative estimate of drug-likeness (QED) is 0.620. The van der Waals surface area contributed by atoms with Gasteiger partial charge in [0.05, 0.1) is 18.2 Å². The van der Waals surface area contributed by atoms with Crippen molar-refractivity contribution in [3.8, 4) is 11.5 Å². The third-order valence-corrected chi connectivity index (χ3v) is 3.28. The zero-order valence-corrected chi connectivity index (χ0v) is 15.9. The maximum absolute atomic E-state index is 5.57. The van der Waals surface area contributed by atoms with Crippen molar-refractivity contribution in [2.24, 2.45) is 0 Å². The van der Waals surface area contributed by atoms with E-state index < -0.39 is 0 Å². The lowest BCUT2D eigenvalue weighted by atomic mass is 10.2. The van der Waals surface area contributed by atoms with Crippen LogP contribution in [0.2, 0.25) is 0 Å². The predicted octanol–water partition coefficient (Wildman–Crippen LogP) is 3.40. The van der Waals surface area contributed by atoms with Gasteiger partial charge in [0.15, 0.2) is 11.5 Å². The summed E-state index contributed by atoms with van der Waals surface area (Å²) in [5.74, 6) is 1.53. The van der Waals surface area contributed by atoms with Crippen LogP contribution in [-0.2, 0) is 6.54 Å². The molecule has 0 spiro atoms. The number of benzene rings is 1. The highest BCUT2D eigenvalue weighted by molar-refractivity contribution is 9.10. The molecular weight excluding hydrogens is 379 g/mol. The Balaban J connectivity index is 0. The molecule has 1 aromatic carbocycles. The van der Waals surface area contributed by atoms with Crippen molar-refractivity contribution < 1.29 is 9.47 Å². The fourth-order valence-corrected chi connectivity index (χ4v) is 2.39. The first-order valence-electron chi connectivity index (χ1n) is 6.57. The van der Waals surface area contributed by atoms with Gasteiger partial charge >= 0.3 is 0 Å². The molecule has 0 saturated carbocycles. The smallest absolute Gasteiger partial charge is 0.175 e. The van der Waals surface area contributed by atoms with E-state index in [1.165, 1.54) is 5.56 Å². The molecule has 0 amide bonds. The summed E-state index contributed by atoms with van der Waals surface area (Å²) < 4.78 is 11.9. The topological polar surface area (TPSA) is 42.5 Å². The SMILES string of the molecule is CCOc1c(Br)cc(CNCCCNC)cc1OC.Cl.Cl. The fraction of sp³-hybridized carbons (Fsp3) is 0.571. The van der Waals surface area contributed by atoms with E-state index >= 15 is 0 Å². The molecule has 0 aliphatic carbocycles. The normalized spacial score (nSPS) is 9.52. The van der Waals surface area contributed by atoms with Gasteiger partial charge < -0.3 is 20.1 Å². The molecule has 0 radical (unpaired) electrons. The first-order chi connectivity index (χ1) is 9.22. The molecule has 1 aromatic rings. The minimum absolute atomic E-state index is 0. The second kappa shape index (κ2) is 13.5. The summed E-state index contributed by atoms with van der Waals surface area (Å²) in [4.78, 5) is 0. The Kier molecular flexibility index (Phi) is 14.8. The Morgan fingerprint density at radius 3 is 2.48 bits per heavy atom. The van der Waals surface area contributed by atoms with Crippen LogP contribution in [0.25, 0.3) is 0 Å². The van der Waals surface area contributed by atoms with E-state index in [0.29, 0.717) is 6.61 Å². The van der Waals surface area contributed by atoms with E-state index in [1.807, 2.05) is 20.0 Å². The molecule has 7 heteroatoms. The molecule has 0 heterocycles. The number of nitrogens with one attached hydrogen (secondary N) is 2. The standard InChI is InChI=1S/C14H23BrN2O2.2ClH/c1-4-19-14-12(15)8-11(9-13(14)18-3)10-17-7-5-6-16-2;;/h8-9,16-17H,4-7,10H2,1-3H3;2*1H. The minimum atomic E-state index is 0. The van der Waals surface area contributed by atoms with Crippen LogP contribution in [0.1, 0.15) is 18.9 Å². The molecule has 0 fully saturated rings. The Bertz CT molecular complexity index is 395. The van der Waals surface area contributed by atoms with Crippen molar-refractivity contribution in [2.45, 2.75) is 19.9 Å². The number of hydrogen-bond donors (Lipinski definition) is 2. The lowest BCUT2D eigenvalue weighted by molar-refractivity contribution is 0.308. The van der Waals surface area contributed by atoms with Gasteiger partial charge in [-0.25, -0.2) is 0 Å². The Morgan fingerprint density at radius 2 is 1.90 bits per heavy atom.